The average molecular weight is 308 g/mol. The number of aryl methyl sites for hydroxylation is 1. The molecule has 2 rings (SSSR count). The van der Waals surface area contributed by atoms with Crippen molar-refractivity contribution in [3.63, 3.8) is 0 Å². The van der Waals surface area contributed by atoms with Gasteiger partial charge in [-0.15, -0.1) is 0 Å². The van der Waals surface area contributed by atoms with E-state index < -0.39 is 11.3 Å². The van der Waals surface area contributed by atoms with Crippen LogP contribution in [0.25, 0.3) is 0 Å². The van der Waals surface area contributed by atoms with E-state index in [4.69, 9.17) is 4.74 Å². The standard InChI is InChI=1S/C11H12BrF2NO2/c1-10(5-11(10,13)14)6-17-8-3-9(16)15(2)4-7(8)12/h3-4H,5-6H2,1-2H3. The van der Waals surface area contributed by atoms with E-state index in [1.54, 1.807) is 13.2 Å². The van der Waals surface area contributed by atoms with E-state index in [1.165, 1.54) is 17.6 Å². The Balaban J connectivity index is 2.11. The van der Waals surface area contributed by atoms with Crippen molar-refractivity contribution in [2.24, 2.45) is 12.5 Å². The molecule has 17 heavy (non-hydrogen) atoms. The van der Waals surface area contributed by atoms with Crippen molar-refractivity contribution in [1.82, 2.24) is 4.57 Å². The lowest BCUT2D eigenvalue weighted by Crippen LogP contribution is -2.19. The average Bonchev–Trinajstić information content (AvgIpc) is 2.70. The summed E-state index contributed by atoms with van der Waals surface area (Å²) in [7, 11) is 1.60. The van der Waals surface area contributed by atoms with Crippen molar-refractivity contribution in [1.29, 1.82) is 0 Å². The van der Waals surface area contributed by atoms with Crippen molar-refractivity contribution < 1.29 is 13.5 Å². The molecular weight excluding hydrogens is 296 g/mol. The monoisotopic (exact) mass is 307 g/mol. The SMILES string of the molecule is Cn1cc(Br)c(OCC2(C)CC2(F)F)cc1=O. The smallest absolute Gasteiger partial charge is 0.257 e. The van der Waals surface area contributed by atoms with E-state index >= 15 is 0 Å². The van der Waals surface area contributed by atoms with Gasteiger partial charge in [-0.3, -0.25) is 4.79 Å². The van der Waals surface area contributed by atoms with Crippen LogP contribution in [0, 0.1) is 5.41 Å². The third kappa shape index (κ3) is 2.22. The lowest BCUT2D eigenvalue weighted by Gasteiger charge is -2.13. The van der Waals surface area contributed by atoms with Crippen LogP contribution in [-0.4, -0.2) is 17.1 Å². The summed E-state index contributed by atoms with van der Waals surface area (Å²) in [4.78, 5) is 11.4. The number of halogens is 3. The third-order valence-corrected chi connectivity index (χ3v) is 3.66. The van der Waals surface area contributed by atoms with E-state index in [2.05, 4.69) is 15.9 Å². The lowest BCUT2D eigenvalue weighted by molar-refractivity contribution is 0.0497. The maximum atomic E-state index is 13.0. The first-order valence-corrected chi connectivity index (χ1v) is 5.91. The van der Waals surface area contributed by atoms with Crippen LogP contribution in [0.2, 0.25) is 0 Å². The maximum absolute atomic E-state index is 13.0. The highest BCUT2D eigenvalue weighted by Gasteiger charge is 2.68. The van der Waals surface area contributed by atoms with Crippen molar-refractivity contribution in [2.45, 2.75) is 19.3 Å². The fraction of sp³-hybridized carbons (Fsp3) is 0.545. The summed E-state index contributed by atoms with van der Waals surface area (Å²) >= 11 is 3.23. The summed E-state index contributed by atoms with van der Waals surface area (Å²) in [6.45, 7) is 1.38. The third-order valence-electron chi connectivity index (χ3n) is 3.06. The molecule has 6 heteroatoms. The molecule has 0 saturated heterocycles. The number of alkyl halides is 2. The Bertz CT molecular complexity index is 515. The molecule has 0 aliphatic heterocycles. The lowest BCUT2D eigenvalue weighted by atomic mass is 10.1. The first-order valence-electron chi connectivity index (χ1n) is 5.12. The highest BCUT2D eigenvalue weighted by atomic mass is 79.9. The molecule has 3 nitrogen and oxygen atoms in total. The number of hydrogen-bond donors (Lipinski definition) is 0. The molecule has 0 N–H and O–H groups in total. The van der Waals surface area contributed by atoms with Crippen LogP contribution in [-0.2, 0) is 7.05 Å². The fourth-order valence-corrected chi connectivity index (χ4v) is 2.07. The van der Waals surface area contributed by atoms with Crippen LogP contribution in [0.1, 0.15) is 13.3 Å². The van der Waals surface area contributed by atoms with Gasteiger partial charge < -0.3 is 9.30 Å². The summed E-state index contributed by atoms with van der Waals surface area (Å²) in [6, 6.07) is 1.29. The molecule has 1 aromatic rings. The second-order valence-corrected chi connectivity index (χ2v) is 5.52. The van der Waals surface area contributed by atoms with Gasteiger partial charge in [-0.25, -0.2) is 8.78 Å². The number of hydrogen-bond acceptors (Lipinski definition) is 2. The van der Waals surface area contributed by atoms with Crippen LogP contribution in [0.15, 0.2) is 21.5 Å². The van der Waals surface area contributed by atoms with Crippen LogP contribution in [0.3, 0.4) is 0 Å². The zero-order chi connectivity index (χ0) is 12.8. The van der Waals surface area contributed by atoms with Crippen LogP contribution in [0.5, 0.6) is 5.75 Å². The molecule has 1 atom stereocenters. The number of aromatic nitrogens is 1. The minimum atomic E-state index is -2.65. The van der Waals surface area contributed by atoms with Gasteiger partial charge in [0.1, 0.15) is 5.75 Å². The zero-order valence-electron chi connectivity index (χ0n) is 9.47. The molecule has 0 bridgehead atoms. The Hall–Kier alpha value is -0.910. The van der Waals surface area contributed by atoms with Gasteiger partial charge in [-0.2, -0.15) is 0 Å². The minimum Gasteiger partial charge on any atom is -0.491 e. The van der Waals surface area contributed by atoms with Crippen molar-refractivity contribution in [2.75, 3.05) is 6.61 Å². The van der Waals surface area contributed by atoms with Crippen molar-refractivity contribution in [3.8, 4) is 5.75 Å². The zero-order valence-corrected chi connectivity index (χ0v) is 11.1. The molecule has 0 radical (unpaired) electrons. The fourth-order valence-electron chi connectivity index (χ4n) is 1.53. The second kappa shape index (κ2) is 3.80. The summed E-state index contributed by atoms with van der Waals surface area (Å²) in [5, 5.41) is 0. The van der Waals surface area contributed by atoms with E-state index in [1.807, 2.05) is 0 Å². The molecule has 1 aliphatic rings. The molecule has 0 spiro atoms. The molecule has 1 unspecified atom stereocenters. The summed E-state index contributed by atoms with van der Waals surface area (Å²) in [5.41, 5.74) is -1.34. The molecule has 1 fully saturated rings. The van der Waals surface area contributed by atoms with Crippen molar-refractivity contribution >= 4 is 15.9 Å². The Morgan fingerprint density at radius 3 is 2.71 bits per heavy atom. The van der Waals surface area contributed by atoms with Gasteiger partial charge >= 0.3 is 0 Å². The molecule has 1 aliphatic carbocycles. The number of rotatable bonds is 3. The first-order chi connectivity index (χ1) is 7.75. The quantitative estimate of drug-likeness (QED) is 0.859. The topological polar surface area (TPSA) is 31.2 Å². The molecule has 94 valence electrons. The summed E-state index contributed by atoms with van der Waals surface area (Å²) < 4.78 is 33.2. The highest BCUT2D eigenvalue weighted by Crippen LogP contribution is 2.60. The number of ether oxygens (including phenoxy) is 1. The molecule has 1 aromatic heterocycles. The molecular formula is C11H12BrF2NO2. The van der Waals surface area contributed by atoms with Crippen LogP contribution in [0.4, 0.5) is 8.78 Å². The van der Waals surface area contributed by atoms with Gasteiger partial charge in [-0.1, -0.05) is 6.92 Å². The van der Waals surface area contributed by atoms with E-state index in [-0.39, 0.29) is 18.6 Å². The largest absolute Gasteiger partial charge is 0.491 e. The molecule has 1 saturated carbocycles. The first kappa shape index (κ1) is 12.5. The second-order valence-electron chi connectivity index (χ2n) is 4.67. The highest BCUT2D eigenvalue weighted by molar-refractivity contribution is 9.10. The Morgan fingerprint density at radius 1 is 1.59 bits per heavy atom. The van der Waals surface area contributed by atoms with Gasteiger partial charge in [0.15, 0.2) is 0 Å². The number of pyridine rings is 1. The Kier molecular flexibility index (Phi) is 2.80. The Morgan fingerprint density at radius 2 is 2.18 bits per heavy atom. The van der Waals surface area contributed by atoms with Crippen LogP contribution >= 0.6 is 15.9 Å². The molecule has 1 heterocycles. The molecule has 0 amide bonds. The van der Waals surface area contributed by atoms with Gasteiger partial charge in [0.05, 0.1) is 16.5 Å². The Labute approximate surface area is 106 Å². The van der Waals surface area contributed by atoms with Crippen LogP contribution < -0.4 is 10.3 Å². The van der Waals surface area contributed by atoms with Gasteiger partial charge in [0, 0.05) is 25.7 Å². The number of nitrogens with zero attached hydrogens (tertiary/aromatic N) is 1. The van der Waals surface area contributed by atoms with E-state index in [9.17, 15) is 13.6 Å². The van der Waals surface area contributed by atoms with Gasteiger partial charge in [0.25, 0.3) is 11.5 Å². The maximum Gasteiger partial charge on any atom is 0.257 e. The normalized spacial score (nSPS) is 25.7. The van der Waals surface area contributed by atoms with E-state index in [0.29, 0.717) is 10.2 Å². The molecule has 0 aromatic carbocycles. The predicted molar refractivity (Wildman–Crippen MR) is 62.5 cm³/mol. The predicted octanol–water partition coefficient (Wildman–Crippen LogP) is 2.57. The van der Waals surface area contributed by atoms with E-state index in [0.717, 1.165) is 0 Å². The van der Waals surface area contributed by atoms with Crippen molar-refractivity contribution in [3.05, 3.63) is 27.1 Å². The summed E-state index contributed by atoms with van der Waals surface area (Å²) in [6.07, 6.45) is 1.38. The minimum absolute atomic E-state index is 0.0915. The summed E-state index contributed by atoms with van der Waals surface area (Å²) in [5.74, 6) is -2.35. The van der Waals surface area contributed by atoms with Gasteiger partial charge in [-0.05, 0) is 15.9 Å². The van der Waals surface area contributed by atoms with Gasteiger partial charge in [0.2, 0.25) is 0 Å².